The Morgan fingerprint density at radius 1 is 1.29 bits per heavy atom. The van der Waals surface area contributed by atoms with Gasteiger partial charge in [0.05, 0.1) is 6.61 Å². The lowest BCUT2D eigenvalue weighted by atomic mass is 9.84. The maximum absolute atomic E-state index is 12.3. The molecule has 4 atom stereocenters. The fraction of sp³-hybridized carbons (Fsp3) is 0.611. The molecule has 2 aliphatic rings. The molecule has 21 heavy (non-hydrogen) atoms. The maximum atomic E-state index is 12.3. The lowest BCUT2D eigenvalue weighted by Gasteiger charge is -2.28. The molecule has 1 aromatic carbocycles. The molecule has 0 saturated heterocycles. The Bertz CT molecular complexity index is 496. The second-order valence-electron chi connectivity index (χ2n) is 6.56. The van der Waals surface area contributed by atoms with Crippen LogP contribution in [0, 0.1) is 17.8 Å². The minimum Gasteiger partial charge on any atom is -0.494 e. The van der Waals surface area contributed by atoms with E-state index in [9.17, 15) is 4.79 Å². The van der Waals surface area contributed by atoms with Crippen molar-refractivity contribution in [2.75, 3.05) is 6.61 Å². The van der Waals surface area contributed by atoms with Gasteiger partial charge in [-0.05, 0) is 75.1 Å². The average molecular weight is 287 g/mol. The summed E-state index contributed by atoms with van der Waals surface area (Å²) in [6.07, 6.45) is 5.45. The predicted molar refractivity (Wildman–Crippen MR) is 83.5 cm³/mol. The van der Waals surface area contributed by atoms with E-state index in [2.05, 4.69) is 12.2 Å². The smallest absolute Gasteiger partial charge is 0.251 e. The van der Waals surface area contributed by atoms with Gasteiger partial charge in [-0.25, -0.2) is 0 Å². The van der Waals surface area contributed by atoms with Crippen LogP contribution in [0.1, 0.15) is 49.9 Å². The molecule has 0 spiro atoms. The fourth-order valence-electron chi connectivity index (χ4n) is 4.17. The van der Waals surface area contributed by atoms with Gasteiger partial charge in [0.1, 0.15) is 5.75 Å². The van der Waals surface area contributed by atoms with Crippen LogP contribution in [0.2, 0.25) is 0 Å². The van der Waals surface area contributed by atoms with Crippen molar-refractivity contribution in [2.24, 2.45) is 17.8 Å². The summed E-state index contributed by atoms with van der Waals surface area (Å²) < 4.78 is 5.40. The van der Waals surface area contributed by atoms with Crippen molar-refractivity contribution in [1.82, 2.24) is 5.32 Å². The highest BCUT2D eigenvalue weighted by Gasteiger charge is 2.42. The van der Waals surface area contributed by atoms with Crippen LogP contribution in [0.3, 0.4) is 0 Å². The van der Waals surface area contributed by atoms with Gasteiger partial charge in [0.2, 0.25) is 0 Å². The highest BCUT2D eigenvalue weighted by molar-refractivity contribution is 5.94. The van der Waals surface area contributed by atoms with Gasteiger partial charge in [0, 0.05) is 11.6 Å². The zero-order valence-corrected chi connectivity index (χ0v) is 13.0. The summed E-state index contributed by atoms with van der Waals surface area (Å²) in [4.78, 5) is 12.3. The van der Waals surface area contributed by atoms with Crippen LogP contribution in [0.25, 0.3) is 0 Å². The van der Waals surface area contributed by atoms with E-state index in [0.29, 0.717) is 18.1 Å². The molecule has 1 amide bonds. The van der Waals surface area contributed by atoms with Gasteiger partial charge in [-0.15, -0.1) is 0 Å². The van der Waals surface area contributed by atoms with Crippen molar-refractivity contribution in [3.8, 4) is 5.75 Å². The van der Waals surface area contributed by atoms with Crippen LogP contribution >= 0.6 is 0 Å². The van der Waals surface area contributed by atoms with Crippen LogP contribution in [-0.2, 0) is 0 Å². The summed E-state index contributed by atoms with van der Waals surface area (Å²) in [6.45, 7) is 4.77. The van der Waals surface area contributed by atoms with E-state index < -0.39 is 0 Å². The van der Waals surface area contributed by atoms with E-state index in [1.165, 1.54) is 25.7 Å². The molecule has 2 saturated carbocycles. The number of nitrogens with one attached hydrogen (secondary N) is 1. The molecule has 3 rings (SSSR count). The molecule has 1 aromatic rings. The Hall–Kier alpha value is -1.51. The Kier molecular flexibility index (Phi) is 4.18. The molecule has 0 aromatic heterocycles. The van der Waals surface area contributed by atoms with E-state index in [0.717, 1.165) is 17.6 Å². The van der Waals surface area contributed by atoms with E-state index in [-0.39, 0.29) is 11.9 Å². The van der Waals surface area contributed by atoms with Gasteiger partial charge >= 0.3 is 0 Å². The van der Waals surface area contributed by atoms with Crippen molar-refractivity contribution in [2.45, 2.75) is 45.6 Å². The molecular formula is C18H25NO2. The summed E-state index contributed by atoms with van der Waals surface area (Å²) in [5.74, 6) is 3.29. The number of hydrogen-bond donors (Lipinski definition) is 1. The molecule has 0 heterocycles. The minimum absolute atomic E-state index is 0.0355. The Labute approximate surface area is 127 Å². The van der Waals surface area contributed by atoms with Gasteiger partial charge in [-0.3, -0.25) is 4.79 Å². The molecule has 3 heteroatoms. The number of hydrogen-bond acceptors (Lipinski definition) is 2. The standard InChI is InChI=1S/C18H25NO2/c1-3-21-16-8-6-14(7-9-16)18(20)19-12(2)17-11-13-4-5-15(17)10-13/h6-9,12-13,15,17H,3-5,10-11H2,1-2H3,(H,19,20)/t12-,13+,15+,17-/m1/s1. The summed E-state index contributed by atoms with van der Waals surface area (Å²) >= 11 is 0. The lowest BCUT2D eigenvalue weighted by molar-refractivity contribution is 0.0915. The average Bonchev–Trinajstić information content (AvgIpc) is 3.11. The quantitative estimate of drug-likeness (QED) is 0.898. The first-order chi connectivity index (χ1) is 10.2. The van der Waals surface area contributed by atoms with Crippen LogP contribution in [0.5, 0.6) is 5.75 Å². The first-order valence-electron chi connectivity index (χ1n) is 8.21. The van der Waals surface area contributed by atoms with E-state index in [1.807, 2.05) is 31.2 Å². The Morgan fingerprint density at radius 3 is 2.62 bits per heavy atom. The largest absolute Gasteiger partial charge is 0.494 e. The summed E-state index contributed by atoms with van der Waals surface area (Å²) in [7, 11) is 0. The van der Waals surface area contributed by atoms with Crippen LogP contribution in [-0.4, -0.2) is 18.6 Å². The SMILES string of the molecule is CCOc1ccc(C(=O)N[C@H](C)[C@H]2C[C@H]3CC[C@H]2C3)cc1. The fourth-order valence-corrected chi connectivity index (χ4v) is 4.17. The van der Waals surface area contributed by atoms with Crippen molar-refractivity contribution in [3.05, 3.63) is 29.8 Å². The zero-order valence-electron chi connectivity index (χ0n) is 13.0. The summed E-state index contributed by atoms with van der Waals surface area (Å²) in [5.41, 5.74) is 0.716. The van der Waals surface area contributed by atoms with Crippen molar-refractivity contribution < 1.29 is 9.53 Å². The molecule has 0 aliphatic heterocycles. The Balaban J connectivity index is 1.58. The van der Waals surface area contributed by atoms with Gasteiger partial charge in [0.15, 0.2) is 0 Å². The first-order valence-corrected chi connectivity index (χ1v) is 8.21. The van der Waals surface area contributed by atoms with Crippen LogP contribution in [0.4, 0.5) is 0 Å². The monoisotopic (exact) mass is 287 g/mol. The number of carbonyl (C=O) groups is 1. The van der Waals surface area contributed by atoms with Gasteiger partial charge in [-0.2, -0.15) is 0 Å². The molecular weight excluding hydrogens is 262 g/mol. The third-order valence-corrected chi connectivity index (χ3v) is 5.22. The summed E-state index contributed by atoms with van der Waals surface area (Å²) in [6, 6.07) is 7.68. The Morgan fingerprint density at radius 2 is 2.05 bits per heavy atom. The van der Waals surface area contributed by atoms with Crippen molar-refractivity contribution >= 4 is 5.91 Å². The minimum atomic E-state index is 0.0355. The van der Waals surface area contributed by atoms with Crippen molar-refractivity contribution in [3.63, 3.8) is 0 Å². The topological polar surface area (TPSA) is 38.3 Å². The molecule has 2 fully saturated rings. The second kappa shape index (κ2) is 6.08. The van der Waals surface area contributed by atoms with Gasteiger partial charge in [0.25, 0.3) is 5.91 Å². The number of fused-ring (bicyclic) bond motifs is 2. The third-order valence-electron chi connectivity index (χ3n) is 5.22. The van der Waals surface area contributed by atoms with Gasteiger partial charge < -0.3 is 10.1 Å². The number of ether oxygens (including phenoxy) is 1. The number of rotatable bonds is 5. The second-order valence-corrected chi connectivity index (χ2v) is 6.56. The van der Waals surface area contributed by atoms with E-state index in [1.54, 1.807) is 0 Å². The number of carbonyl (C=O) groups excluding carboxylic acids is 1. The normalized spacial score (nSPS) is 28.4. The number of amides is 1. The number of benzene rings is 1. The molecule has 1 N–H and O–H groups in total. The molecule has 2 bridgehead atoms. The highest BCUT2D eigenvalue weighted by Crippen LogP contribution is 2.49. The lowest BCUT2D eigenvalue weighted by Crippen LogP contribution is -2.40. The van der Waals surface area contributed by atoms with E-state index >= 15 is 0 Å². The third kappa shape index (κ3) is 3.07. The highest BCUT2D eigenvalue weighted by atomic mass is 16.5. The molecule has 3 nitrogen and oxygen atoms in total. The zero-order chi connectivity index (χ0) is 14.8. The molecule has 2 aliphatic carbocycles. The molecule has 114 valence electrons. The van der Waals surface area contributed by atoms with E-state index in [4.69, 9.17) is 4.74 Å². The van der Waals surface area contributed by atoms with Gasteiger partial charge in [-0.1, -0.05) is 6.42 Å². The molecule has 0 radical (unpaired) electrons. The maximum Gasteiger partial charge on any atom is 0.251 e. The predicted octanol–water partition coefficient (Wildman–Crippen LogP) is 3.64. The van der Waals surface area contributed by atoms with Crippen LogP contribution < -0.4 is 10.1 Å². The van der Waals surface area contributed by atoms with Crippen molar-refractivity contribution in [1.29, 1.82) is 0 Å². The molecule has 0 unspecified atom stereocenters. The summed E-state index contributed by atoms with van der Waals surface area (Å²) in [5, 5.41) is 3.19. The first kappa shape index (κ1) is 14.4. The van der Waals surface area contributed by atoms with Crippen LogP contribution in [0.15, 0.2) is 24.3 Å².